The van der Waals surface area contributed by atoms with Gasteiger partial charge in [0, 0.05) is 18.2 Å². The number of hydrogen-bond acceptors (Lipinski definition) is 3. The van der Waals surface area contributed by atoms with E-state index in [1.54, 1.807) is 10.8 Å². The highest BCUT2D eigenvalue weighted by atomic mass is 35.5. The summed E-state index contributed by atoms with van der Waals surface area (Å²) in [6.07, 6.45) is 2.99. The largest absolute Gasteiger partial charge is 0.277 e. The number of aryl methyl sites for hydroxylation is 1. The van der Waals surface area contributed by atoms with Crippen molar-refractivity contribution < 1.29 is 9.63 Å². The first-order valence-electron chi connectivity index (χ1n) is 5.69. The molecule has 5 nitrogen and oxygen atoms in total. The number of aromatic nitrogens is 2. The van der Waals surface area contributed by atoms with Crippen LogP contribution < -0.4 is 5.48 Å². The molecule has 1 aromatic heterocycles. The zero-order valence-corrected chi connectivity index (χ0v) is 11.8. The third-order valence-electron chi connectivity index (χ3n) is 2.25. The van der Waals surface area contributed by atoms with Gasteiger partial charge in [-0.05, 0) is 18.9 Å². The van der Waals surface area contributed by atoms with Gasteiger partial charge in [0.25, 0.3) is 5.91 Å². The van der Waals surface area contributed by atoms with Crippen LogP contribution in [0, 0.1) is 12.8 Å². The van der Waals surface area contributed by atoms with Crippen LogP contribution in [0.1, 0.15) is 25.1 Å². The molecule has 0 saturated heterocycles. The van der Waals surface area contributed by atoms with Crippen LogP contribution >= 0.6 is 11.6 Å². The van der Waals surface area contributed by atoms with Crippen molar-refractivity contribution in [1.82, 2.24) is 15.3 Å². The number of rotatable bonds is 5. The molecule has 1 heterocycles. The van der Waals surface area contributed by atoms with Crippen LogP contribution in [-0.2, 0) is 16.2 Å². The van der Waals surface area contributed by atoms with Gasteiger partial charge in [-0.2, -0.15) is 5.10 Å². The molecule has 0 aromatic carbocycles. The van der Waals surface area contributed by atoms with E-state index in [-0.39, 0.29) is 5.91 Å². The molecular formula is C12H18ClN3O2. The molecule has 6 heteroatoms. The Morgan fingerprint density at radius 1 is 1.61 bits per heavy atom. The summed E-state index contributed by atoms with van der Waals surface area (Å²) in [7, 11) is 1.38. The van der Waals surface area contributed by atoms with Gasteiger partial charge >= 0.3 is 0 Å². The van der Waals surface area contributed by atoms with Crippen molar-refractivity contribution in [2.45, 2.75) is 27.3 Å². The first kappa shape index (κ1) is 14.7. The molecule has 0 spiro atoms. The van der Waals surface area contributed by atoms with Crippen LogP contribution in [0.15, 0.2) is 6.08 Å². The Labute approximate surface area is 112 Å². The Kier molecular flexibility index (Phi) is 5.37. The van der Waals surface area contributed by atoms with Gasteiger partial charge in [0.2, 0.25) is 0 Å². The highest BCUT2D eigenvalue weighted by Crippen LogP contribution is 2.22. The van der Waals surface area contributed by atoms with Crippen LogP contribution in [-0.4, -0.2) is 22.8 Å². The minimum atomic E-state index is -0.343. The van der Waals surface area contributed by atoms with E-state index in [1.165, 1.54) is 13.2 Å². The van der Waals surface area contributed by atoms with Gasteiger partial charge in [0.05, 0.1) is 12.8 Å². The van der Waals surface area contributed by atoms with Crippen molar-refractivity contribution in [2.24, 2.45) is 5.92 Å². The van der Waals surface area contributed by atoms with E-state index >= 15 is 0 Å². The second kappa shape index (κ2) is 6.56. The van der Waals surface area contributed by atoms with Crippen LogP contribution in [0.2, 0.25) is 5.15 Å². The maximum absolute atomic E-state index is 11.2. The fourth-order valence-corrected chi connectivity index (χ4v) is 1.82. The number of halogens is 1. The predicted octanol–water partition coefficient (Wildman–Crippen LogP) is 2.19. The van der Waals surface area contributed by atoms with Crippen LogP contribution in [0.4, 0.5) is 0 Å². The van der Waals surface area contributed by atoms with Crippen LogP contribution in [0.3, 0.4) is 0 Å². The number of nitrogens with one attached hydrogen (secondary N) is 1. The fourth-order valence-electron chi connectivity index (χ4n) is 1.52. The minimum Gasteiger partial charge on any atom is -0.277 e. The molecule has 1 rings (SSSR count). The van der Waals surface area contributed by atoms with Gasteiger partial charge in [-0.25, -0.2) is 5.48 Å². The first-order chi connectivity index (χ1) is 8.45. The van der Waals surface area contributed by atoms with E-state index in [2.05, 4.69) is 29.3 Å². The molecule has 0 fully saturated rings. The molecule has 0 aliphatic heterocycles. The Morgan fingerprint density at radius 3 is 2.83 bits per heavy atom. The van der Waals surface area contributed by atoms with Crippen LogP contribution in [0.5, 0.6) is 0 Å². The number of nitrogens with zero attached hydrogens (tertiary/aromatic N) is 2. The Hall–Kier alpha value is -1.33. The fraction of sp³-hybridized carbons (Fsp3) is 0.500. The monoisotopic (exact) mass is 271 g/mol. The maximum Gasteiger partial charge on any atom is 0.267 e. The molecule has 0 bridgehead atoms. The second-order valence-corrected chi connectivity index (χ2v) is 4.73. The van der Waals surface area contributed by atoms with E-state index < -0.39 is 0 Å². The number of carbonyl (C=O) groups is 1. The van der Waals surface area contributed by atoms with Crippen molar-refractivity contribution in [2.75, 3.05) is 7.11 Å². The lowest BCUT2D eigenvalue weighted by atomic mass is 10.2. The summed E-state index contributed by atoms with van der Waals surface area (Å²) in [4.78, 5) is 15.7. The van der Waals surface area contributed by atoms with Crippen molar-refractivity contribution in [3.05, 3.63) is 22.5 Å². The van der Waals surface area contributed by atoms with E-state index in [9.17, 15) is 4.79 Å². The highest BCUT2D eigenvalue weighted by molar-refractivity contribution is 6.31. The van der Waals surface area contributed by atoms with Gasteiger partial charge in [-0.1, -0.05) is 25.4 Å². The second-order valence-electron chi connectivity index (χ2n) is 4.37. The lowest BCUT2D eigenvalue weighted by Crippen LogP contribution is -2.18. The molecule has 0 aliphatic rings. The average molecular weight is 272 g/mol. The number of carbonyl (C=O) groups excluding carboxylic acids is 1. The number of hydroxylamine groups is 1. The molecule has 1 aromatic rings. The number of hydrogen-bond donors (Lipinski definition) is 1. The molecule has 0 atom stereocenters. The average Bonchev–Trinajstić information content (AvgIpc) is 2.52. The Balaban J connectivity index is 2.89. The zero-order chi connectivity index (χ0) is 13.7. The van der Waals surface area contributed by atoms with E-state index in [0.29, 0.717) is 11.1 Å². The quantitative estimate of drug-likeness (QED) is 0.660. The summed E-state index contributed by atoms with van der Waals surface area (Å²) < 4.78 is 1.75. The summed E-state index contributed by atoms with van der Waals surface area (Å²) in [6, 6.07) is 0. The Bertz CT molecular complexity index is 452. The van der Waals surface area contributed by atoms with Crippen molar-refractivity contribution >= 4 is 23.6 Å². The Morgan fingerprint density at radius 2 is 2.28 bits per heavy atom. The topological polar surface area (TPSA) is 56.1 Å². The van der Waals surface area contributed by atoms with Gasteiger partial charge in [-0.15, -0.1) is 0 Å². The van der Waals surface area contributed by atoms with Gasteiger partial charge in [0.1, 0.15) is 5.15 Å². The molecule has 0 radical (unpaired) electrons. The maximum atomic E-state index is 11.2. The highest BCUT2D eigenvalue weighted by Gasteiger charge is 2.12. The molecule has 0 aliphatic carbocycles. The third-order valence-corrected chi connectivity index (χ3v) is 2.65. The molecule has 100 valence electrons. The molecule has 1 N–H and O–H groups in total. The normalized spacial score (nSPS) is 11.4. The summed E-state index contributed by atoms with van der Waals surface area (Å²) in [5.41, 5.74) is 3.74. The third kappa shape index (κ3) is 3.85. The molecular weight excluding hydrogens is 254 g/mol. The predicted molar refractivity (Wildman–Crippen MR) is 71.0 cm³/mol. The summed E-state index contributed by atoms with van der Waals surface area (Å²) in [6.45, 7) is 6.79. The minimum absolute atomic E-state index is 0.343. The van der Waals surface area contributed by atoms with Crippen molar-refractivity contribution in [3.63, 3.8) is 0 Å². The van der Waals surface area contributed by atoms with E-state index in [1.807, 2.05) is 6.92 Å². The zero-order valence-electron chi connectivity index (χ0n) is 11.0. The molecule has 0 saturated carbocycles. The summed E-state index contributed by atoms with van der Waals surface area (Å²) in [5, 5.41) is 4.89. The van der Waals surface area contributed by atoms with Crippen molar-refractivity contribution in [3.8, 4) is 0 Å². The standard InChI is InChI=1S/C12H18ClN3O2/c1-8(2)7-16-12(13)10(9(3)14-16)5-6-11(17)15-18-4/h5-6,8H,7H2,1-4H3,(H,15,17). The summed E-state index contributed by atoms with van der Waals surface area (Å²) >= 11 is 6.22. The van der Waals surface area contributed by atoms with E-state index in [4.69, 9.17) is 11.6 Å². The van der Waals surface area contributed by atoms with Gasteiger partial charge in [-0.3, -0.25) is 14.3 Å². The summed E-state index contributed by atoms with van der Waals surface area (Å²) in [5.74, 6) is 0.111. The SMILES string of the molecule is CONC(=O)C=Cc1c(C)nn(CC(C)C)c1Cl. The van der Waals surface area contributed by atoms with E-state index in [0.717, 1.165) is 17.8 Å². The smallest absolute Gasteiger partial charge is 0.267 e. The lowest BCUT2D eigenvalue weighted by molar-refractivity contribution is -0.126. The first-order valence-corrected chi connectivity index (χ1v) is 6.07. The molecule has 1 amide bonds. The van der Waals surface area contributed by atoms with Gasteiger partial charge in [0.15, 0.2) is 0 Å². The molecule has 0 unspecified atom stereocenters. The van der Waals surface area contributed by atoms with Gasteiger partial charge < -0.3 is 0 Å². The van der Waals surface area contributed by atoms with Crippen molar-refractivity contribution in [1.29, 1.82) is 0 Å². The van der Waals surface area contributed by atoms with Crippen LogP contribution in [0.25, 0.3) is 6.08 Å². The molecule has 18 heavy (non-hydrogen) atoms. The lowest BCUT2D eigenvalue weighted by Gasteiger charge is -2.05. The number of amides is 1.